The Morgan fingerprint density at radius 3 is 1.98 bits per heavy atom. The van der Waals surface area contributed by atoms with Crippen molar-refractivity contribution in [3.8, 4) is 16.9 Å². The number of ketones is 5. The number of aryl methyl sites for hydroxylation is 5. The van der Waals surface area contributed by atoms with Crippen LogP contribution in [0.3, 0.4) is 0 Å². The molecule has 0 spiro atoms. The molecule has 6 amide bonds. The lowest BCUT2D eigenvalue weighted by atomic mass is 9.76. The number of tetrazole rings is 1. The standard InChI is InChI=1S/C81H106FN15O17/c1-9-53-36-60(114-31-13-12-30-87-95-84)26-27-61(53)54-24-22-51(23-25-54)35-56(76(110)88-63(75(83)109)21-14-16-52-33-47(2)32-48(3)34-52)37-67(103)65(40-72(107)108)89-77(111)57(45-98)38-68(104)73(49(4)99)92-79(113)81(8,41-55-17-10-11-20-62(55)82)43-69(105)74(50(5)100)91-71(106)29-28-66(102)64(39-70-93-96-97-94-70)90-78(112)80(6,7)42-59(101)19-15-18-58-44-85-46-86-58/h10-11,17,20,22-27,32-34,36,44,46,49-50,56-57,63-65,73-74,98-100H,9,12-16,18-19,21,28-31,35,37-43,45H2,1-8H3,(H2,83,109)(H,85,86)(H,88,110)(H,89,111)(H,90,112)(H,91,106)(H,92,113)(H,107,108)(H,93,94,96,97)/t49-,50-,56-,57+,63+,64+,65+,73+,74+,81-/m1/s1. The summed E-state index contributed by atoms with van der Waals surface area (Å²) in [6.45, 7) is 12.1. The number of aliphatic carboxylic acids is 1. The van der Waals surface area contributed by atoms with Gasteiger partial charge in [-0.1, -0.05) is 116 Å². The lowest BCUT2D eigenvalue weighted by molar-refractivity contribution is -0.142. The summed E-state index contributed by atoms with van der Waals surface area (Å²) in [5.74, 6) is -14.5. The van der Waals surface area contributed by atoms with Crippen LogP contribution in [0.1, 0.15) is 170 Å². The van der Waals surface area contributed by atoms with Gasteiger partial charge >= 0.3 is 5.97 Å². The van der Waals surface area contributed by atoms with Crippen LogP contribution in [0, 0.1) is 42.3 Å². The van der Waals surface area contributed by atoms with E-state index in [0.717, 1.165) is 59.0 Å². The van der Waals surface area contributed by atoms with Crippen molar-refractivity contribution in [2.24, 2.45) is 33.5 Å². The Hall–Kier alpha value is -11.3. The van der Waals surface area contributed by atoms with E-state index in [2.05, 4.69) is 67.2 Å². The number of carboxylic acids is 1. The number of aliphatic hydroxyl groups excluding tert-OH is 3. The highest BCUT2D eigenvalue weighted by atomic mass is 19.1. The first-order valence-corrected chi connectivity index (χ1v) is 38.1. The molecule has 32 nitrogen and oxygen atoms in total. The second-order valence-corrected chi connectivity index (χ2v) is 30.0. The van der Waals surface area contributed by atoms with Gasteiger partial charge in [0.05, 0.1) is 67.0 Å². The monoisotopic (exact) mass is 1580 g/mol. The van der Waals surface area contributed by atoms with E-state index in [1.165, 1.54) is 45.3 Å². The number of nitrogens with two attached hydrogens (primary N) is 1. The number of halogens is 1. The maximum absolute atomic E-state index is 15.6. The molecule has 6 rings (SSSR count). The lowest BCUT2D eigenvalue weighted by Gasteiger charge is -2.33. The van der Waals surface area contributed by atoms with Crippen molar-refractivity contribution >= 4 is 70.3 Å². The van der Waals surface area contributed by atoms with Gasteiger partial charge in [-0.3, -0.25) is 57.5 Å². The van der Waals surface area contributed by atoms with Crippen LogP contribution in [0.5, 0.6) is 5.75 Å². The second kappa shape index (κ2) is 44.8. The average Bonchev–Trinajstić information content (AvgIpc) is 0.873. The number of carbonyl (C=O) groups excluding carboxylic acids is 11. The highest BCUT2D eigenvalue weighted by Crippen LogP contribution is 2.33. The summed E-state index contributed by atoms with van der Waals surface area (Å²) >= 11 is 0. The van der Waals surface area contributed by atoms with Crippen LogP contribution < -0.4 is 37.1 Å². The van der Waals surface area contributed by atoms with E-state index in [-0.39, 0.29) is 49.3 Å². The molecule has 33 heteroatoms. The van der Waals surface area contributed by atoms with E-state index in [1.807, 2.05) is 69.3 Å². The smallest absolute Gasteiger partial charge is 0.305 e. The van der Waals surface area contributed by atoms with Crippen molar-refractivity contribution in [3.63, 3.8) is 0 Å². The van der Waals surface area contributed by atoms with Gasteiger partial charge in [0, 0.05) is 80.6 Å². The minimum absolute atomic E-state index is 0.0236. The van der Waals surface area contributed by atoms with Crippen LogP contribution in [-0.2, 0) is 96.1 Å². The molecule has 10 atom stereocenters. The molecule has 6 aromatic rings. The quantitative estimate of drug-likeness (QED) is 0.00896. The van der Waals surface area contributed by atoms with Gasteiger partial charge in [0.25, 0.3) is 0 Å². The number of benzene rings is 4. The Morgan fingerprint density at radius 1 is 0.684 bits per heavy atom. The fourth-order valence-electron chi connectivity index (χ4n) is 13.4. The third-order valence-electron chi connectivity index (χ3n) is 19.7. The van der Waals surface area contributed by atoms with E-state index in [1.54, 1.807) is 18.3 Å². The summed E-state index contributed by atoms with van der Waals surface area (Å²) < 4.78 is 21.6. The molecule has 0 fully saturated rings. The molecule has 0 saturated heterocycles. The maximum atomic E-state index is 15.6. The molecule has 0 unspecified atom stereocenters. The van der Waals surface area contributed by atoms with Crippen molar-refractivity contribution in [1.29, 1.82) is 0 Å². The number of ether oxygens (including phenoxy) is 1. The molecule has 2 heterocycles. The van der Waals surface area contributed by atoms with Crippen LogP contribution in [0.4, 0.5) is 4.39 Å². The molecular weight excluding hydrogens is 1470 g/mol. The number of Topliss-reactive ketones (excluding diaryl/α,β-unsaturated/α-hetero) is 5. The molecule has 114 heavy (non-hydrogen) atoms. The van der Waals surface area contributed by atoms with Crippen molar-refractivity contribution in [2.75, 3.05) is 19.8 Å². The first-order chi connectivity index (χ1) is 54.1. The number of rotatable bonds is 52. The molecule has 4 aromatic carbocycles. The Balaban J connectivity index is 1.16. The first kappa shape index (κ1) is 91.6. The number of carboxylic acid groups (broad SMARTS) is 1. The summed E-state index contributed by atoms with van der Waals surface area (Å²) in [7, 11) is 0. The van der Waals surface area contributed by atoms with Gasteiger partial charge in [-0.05, 0) is 149 Å². The zero-order valence-electron chi connectivity index (χ0n) is 65.7. The third kappa shape index (κ3) is 29.4. The second-order valence-electron chi connectivity index (χ2n) is 30.0. The van der Waals surface area contributed by atoms with E-state index in [9.17, 15) is 78.0 Å². The Bertz CT molecular complexity index is 4320. The van der Waals surface area contributed by atoms with Crippen molar-refractivity contribution in [3.05, 3.63) is 159 Å². The van der Waals surface area contributed by atoms with Gasteiger partial charge in [-0.15, -0.1) is 10.2 Å². The number of nitrogens with one attached hydrogen (secondary N) is 7. The SMILES string of the molecule is CCc1cc(OCCCCN=[N+]=[N-])ccc1-c1ccc(C[C@H](CC(=O)[C@H](CC(=O)O)NC(=O)[C@H](CO)CC(=O)[C@@H](NC(=O)[C@@](C)(CC(=O)[C@@H](NC(=O)CCC(=O)[C@H](Cc2nn[nH]n2)NC(=O)C(C)(C)CC(=O)CCCc2cnc[nH]2)[C@@H](C)O)Cc2ccccc2F)[C@@H](C)O)C(=O)N[C@@H](CCCc2cc(C)cc(C)c2)C(N)=O)cc1. The van der Waals surface area contributed by atoms with Crippen molar-refractivity contribution in [2.45, 2.75) is 220 Å². The Labute approximate surface area is 660 Å². The maximum Gasteiger partial charge on any atom is 0.305 e. The third-order valence-corrected chi connectivity index (χ3v) is 19.7. The van der Waals surface area contributed by atoms with Crippen molar-refractivity contribution in [1.82, 2.24) is 57.2 Å². The fourth-order valence-corrected chi connectivity index (χ4v) is 13.4. The minimum Gasteiger partial charge on any atom is -0.494 e. The zero-order chi connectivity index (χ0) is 83.8. The highest BCUT2D eigenvalue weighted by Gasteiger charge is 2.43. The number of hydrogen-bond donors (Lipinski definition) is 12. The predicted octanol–water partition coefficient (Wildman–Crippen LogP) is 6.04. The number of carbonyl (C=O) groups is 12. The number of aliphatic hydroxyl groups is 3. The van der Waals surface area contributed by atoms with Gasteiger partial charge in [0.15, 0.2) is 29.0 Å². The number of azide groups is 1. The van der Waals surface area contributed by atoms with E-state index >= 15 is 4.39 Å². The number of primary amides is 1. The van der Waals surface area contributed by atoms with E-state index < -0.39 is 187 Å². The van der Waals surface area contributed by atoms with Crippen LogP contribution in [0.15, 0.2) is 103 Å². The number of H-pyrrole nitrogens is 2. The van der Waals surface area contributed by atoms with Gasteiger partial charge in [-0.25, -0.2) is 9.37 Å². The summed E-state index contributed by atoms with van der Waals surface area (Å²) in [6.07, 6.45) is -2.09. The molecule has 13 N–H and O–H groups in total. The summed E-state index contributed by atoms with van der Waals surface area (Å²) in [5, 5.41) is 72.7. The fraction of sp³-hybridized carbons (Fsp3) is 0.506. The van der Waals surface area contributed by atoms with Gasteiger partial charge < -0.3 is 62.5 Å². The van der Waals surface area contributed by atoms with Gasteiger partial charge in [-0.2, -0.15) is 5.21 Å². The molecule has 0 bridgehead atoms. The topological polar surface area (TPSA) is 513 Å². The van der Waals surface area contributed by atoms with Crippen LogP contribution in [0.25, 0.3) is 21.6 Å². The summed E-state index contributed by atoms with van der Waals surface area (Å²) in [5.41, 5.74) is 18.0. The largest absolute Gasteiger partial charge is 0.494 e. The Morgan fingerprint density at radius 2 is 1.36 bits per heavy atom. The number of unbranched alkanes of at least 4 members (excludes halogenated alkanes) is 1. The molecular formula is C81H106FN15O17. The molecule has 2 aromatic heterocycles. The Kier molecular flexibility index (Phi) is 36.0. The number of amides is 6. The lowest BCUT2D eigenvalue weighted by Crippen LogP contribution is -2.55. The molecule has 0 aliphatic rings. The predicted molar refractivity (Wildman–Crippen MR) is 415 cm³/mol. The average molecular weight is 1580 g/mol. The number of imidazole rings is 1. The molecule has 0 radical (unpaired) electrons. The zero-order valence-corrected chi connectivity index (χ0v) is 65.7. The van der Waals surface area contributed by atoms with E-state index in [4.69, 9.17) is 16.0 Å². The number of aromatic nitrogens is 6. The van der Waals surface area contributed by atoms with Crippen LogP contribution in [-0.4, -0.2) is 184 Å². The first-order valence-electron chi connectivity index (χ1n) is 38.1. The number of nitrogens with zero attached hydrogens (tertiary/aromatic N) is 7. The van der Waals surface area contributed by atoms with Crippen LogP contribution >= 0.6 is 0 Å². The summed E-state index contributed by atoms with van der Waals surface area (Å²) in [6, 6.07) is 15.8. The normalized spacial score (nSPS) is 14.3. The van der Waals surface area contributed by atoms with Gasteiger partial charge in [0.2, 0.25) is 35.4 Å². The highest BCUT2D eigenvalue weighted by molar-refractivity contribution is 6.00. The minimum atomic E-state index is -2.10. The van der Waals surface area contributed by atoms with Crippen molar-refractivity contribution < 1.29 is 87.1 Å². The number of aromatic amines is 2. The van der Waals surface area contributed by atoms with Crippen LogP contribution in [0.2, 0.25) is 0 Å². The van der Waals surface area contributed by atoms with Gasteiger partial charge in [0.1, 0.15) is 35.5 Å². The molecule has 614 valence electrons. The number of hydrogen-bond acceptors (Lipinski definition) is 21. The molecule has 0 aliphatic heterocycles. The molecule has 0 saturated carbocycles. The summed E-state index contributed by atoms with van der Waals surface area (Å²) in [4.78, 5) is 177. The van der Waals surface area contributed by atoms with E-state index in [0.29, 0.717) is 69.4 Å². The molecule has 0 aliphatic carbocycles.